The highest BCUT2D eigenvalue weighted by atomic mass is 79.9. The molecule has 0 spiro atoms. The van der Waals surface area contributed by atoms with Crippen molar-refractivity contribution in [1.82, 2.24) is 4.98 Å². The number of fused-ring (bicyclic) bond motifs is 1. The van der Waals surface area contributed by atoms with Gasteiger partial charge in [0.15, 0.2) is 5.13 Å². The fraction of sp³-hybridized carbons (Fsp3) is 0. The molecule has 1 amide bonds. The summed E-state index contributed by atoms with van der Waals surface area (Å²) in [5.41, 5.74) is 0.793. The number of benzene rings is 2. The Balaban J connectivity index is 1.90. The van der Waals surface area contributed by atoms with Crippen molar-refractivity contribution in [3.05, 3.63) is 58.3 Å². The van der Waals surface area contributed by atoms with Gasteiger partial charge in [-0.05, 0) is 30.3 Å². The first-order valence-electron chi connectivity index (χ1n) is 5.75. The van der Waals surface area contributed by atoms with Crippen LogP contribution in [0.1, 0.15) is 10.4 Å². The molecule has 20 heavy (non-hydrogen) atoms. The average molecular weight is 351 g/mol. The van der Waals surface area contributed by atoms with Gasteiger partial charge in [-0.25, -0.2) is 9.37 Å². The molecule has 100 valence electrons. The van der Waals surface area contributed by atoms with E-state index in [9.17, 15) is 9.18 Å². The predicted octanol–water partition coefficient (Wildman–Crippen LogP) is 4.45. The Morgan fingerprint density at radius 1 is 1.25 bits per heavy atom. The van der Waals surface area contributed by atoms with Crippen LogP contribution in [0.2, 0.25) is 0 Å². The van der Waals surface area contributed by atoms with E-state index in [0.29, 0.717) is 9.60 Å². The third-order valence-corrected chi connectivity index (χ3v) is 4.13. The Hall–Kier alpha value is -1.79. The van der Waals surface area contributed by atoms with Gasteiger partial charge in [-0.1, -0.05) is 39.4 Å². The Morgan fingerprint density at radius 2 is 2.05 bits per heavy atom. The van der Waals surface area contributed by atoms with Gasteiger partial charge in [-0.15, -0.1) is 0 Å². The van der Waals surface area contributed by atoms with Gasteiger partial charge in [0.25, 0.3) is 5.91 Å². The third-order valence-electron chi connectivity index (χ3n) is 2.69. The van der Waals surface area contributed by atoms with Crippen LogP contribution in [0.3, 0.4) is 0 Å². The second-order valence-corrected chi connectivity index (χ2v) is 6.01. The maximum absolute atomic E-state index is 13.6. The summed E-state index contributed by atoms with van der Waals surface area (Å²) in [5, 5.41) is 3.08. The van der Waals surface area contributed by atoms with E-state index in [0.717, 1.165) is 10.2 Å². The molecule has 1 N–H and O–H groups in total. The van der Waals surface area contributed by atoms with Crippen molar-refractivity contribution in [1.29, 1.82) is 0 Å². The number of thiazole rings is 1. The molecule has 0 unspecified atom stereocenters. The molecule has 0 bridgehead atoms. The quantitative estimate of drug-likeness (QED) is 0.741. The van der Waals surface area contributed by atoms with Gasteiger partial charge < -0.3 is 0 Å². The van der Waals surface area contributed by atoms with Crippen molar-refractivity contribution < 1.29 is 9.18 Å². The second kappa shape index (κ2) is 5.30. The minimum Gasteiger partial charge on any atom is -0.298 e. The van der Waals surface area contributed by atoms with Gasteiger partial charge >= 0.3 is 0 Å². The number of carbonyl (C=O) groups is 1. The zero-order chi connectivity index (χ0) is 14.1. The number of amides is 1. The fourth-order valence-electron chi connectivity index (χ4n) is 1.76. The summed E-state index contributed by atoms with van der Waals surface area (Å²) in [6.07, 6.45) is 0. The molecule has 3 aromatic rings. The van der Waals surface area contributed by atoms with E-state index in [1.807, 2.05) is 24.3 Å². The molecule has 0 saturated heterocycles. The largest absolute Gasteiger partial charge is 0.298 e. The zero-order valence-corrected chi connectivity index (χ0v) is 12.5. The summed E-state index contributed by atoms with van der Waals surface area (Å²) in [5.74, 6) is -1.07. The minimum atomic E-state index is -0.563. The van der Waals surface area contributed by atoms with Crippen molar-refractivity contribution >= 4 is 48.5 Å². The van der Waals surface area contributed by atoms with Gasteiger partial charge in [0, 0.05) is 4.47 Å². The Labute approximate surface area is 126 Å². The van der Waals surface area contributed by atoms with Gasteiger partial charge in [-0.2, -0.15) is 0 Å². The molecule has 0 radical (unpaired) electrons. The monoisotopic (exact) mass is 350 g/mol. The molecule has 0 aliphatic rings. The van der Waals surface area contributed by atoms with E-state index < -0.39 is 11.7 Å². The molecule has 2 aromatic carbocycles. The average Bonchev–Trinajstić information content (AvgIpc) is 2.83. The first kappa shape index (κ1) is 13.2. The molecule has 1 aromatic heterocycles. The van der Waals surface area contributed by atoms with Crippen molar-refractivity contribution in [2.24, 2.45) is 0 Å². The lowest BCUT2D eigenvalue weighted by Gasteiger charge is -2.03. The van der Waals surface area contributed by atoms with Crippen LogP contribution in [0, 0.1) is 5.82 Å². The summed E-state index contributed by atoms with van der Waals surface area (Å²) in [6, 6.07) is 11.8. The smallest absolute Gasteiger partial charge is 0.260 e. The van der Waals surface area contributed by atoms with Crippen molar-refractivity contribution in [2.75, 3.05) is 5.32 Å². The van der Waals surface area contributed by atoms with E-state index in [1.165, 1.54) is 23.5 Å². The van der Waals surface area contributed by atoms with Gasteiger partial charge in [0.2, 0.25) is 0 Å². The molecule has 0 fully saturated rings. The predicted molar refractivity (Wildman–Crippen MR) is 81.7 cm³/mol. The number of rotatable bonds is 2. The van der Waals surface area contributed by atoms with Crippen LogP contribution in [0.4, 0.5) is 9.52 Å². The first-order chi connectivity index (χ1) is 9.63. The minimum absolute atomic E-state index is 0.0152. The van der Waals surface area contributed by atoms with Crippen LogP contribution in [-0.4, -0.2) is 10.9 Å². The lowest BCUT2D eigenvalue weighted by atomic mass is 10.2. The first-order valence-corrected chi connectivity index (χ1v) is 7.36. The van der Waals surface area contributed by atoms with Gasteiger partial charge in [0.05, 0.1) is 15.8 Å². The molecule has 0 atom stereocenters. The van der Waals surface area contributed by atoms with Crippen LogP contribution in [0.25, 0.3) is 10.2 Å². The molecule has 3 rings (SSSR count). The van der Waals surface area contributed by atoms with Gasteiger partial charge in [0.1, 0.15) is 5.82 Å². The molecule has 6 heteroatoms. The maximum Gasteiger partial charge on any atom is 0.260 e. The highest BCUT2D eigenvalue weighted by Crippen LogP contribution is 2.26. The number of anilines is 1. The number of hydrogen-bond acceptors (Lipinski definition) is 3. The van der Waals surface area contributed by atoms with E-state index >= 15 is 0 Å². The Bertz CT molecular complexity index is 770. The number of para-hydroxylation sites is 1. The highest BCUT2D eigenvalue weighted by Gasteiger charge is 2.14. The fourth-order valence-corrected chi connectivity index (χ4v) is 2.98. The van der Waals surface area contributed by atoms with Crippen molar-refractivity contribution in [3.8, 4) is 0 Å². The van der Waals surface area contributed by atoms with E-state index in [1.54, 1.807) is 6.07 Å². The maximum atomic E-state index is 13.6. The summed E-state index contributed by atoms with van der Waals surface area (Å²) in [7, 11) is 0. The van der Waals surface area contributed by atoms with Crippen molar-refractivity contribution in [3.63, 3.8) is 0 Å². The second-order valence-electron chi connectivity index (χ2n) is 4.07. The van der Waals surface area contributed by atoms with Crippen molar-refractivity contribution in [2.45, 2.75) is 0 Å². The Morgan fingerprint density at radius 3 is 2.85 bits per heavy atom. The molecule has 0 aliphatic heterocycles. The molecule has 1 heterocycles. The standard InChI is InChI=1S/C14H8BrFN2OS/c15-8-5-6-10(16)9(7-8)13(19)18-14-17-11-3-1-2-4-12(11)20-14/h1-7H,(H,17,18,19). The number of halogens is 2. The van der Waals surface area contributed by atoms with Crippen LogP contribution < -0.4 is 5.32 Å². The van der Waals surface area contributed by atoms with E-state index in [2.05, 4.69) is 26.2 Å². The molecule has 0 saturated carbocycles. The zero-order valence-electron chi connectivity index (χ0n) is 10.1. The van der Waals surface area contributed by atoms with E-state index in [-0.39, 0.29) is 5.56 Å². The van der Waals surface area contributed by atoms with Crippen LogP contribution in [-0.2, 0) is 0 Å². The summed E-state index contributed by atoms with van der Waals surface area (Å²) < 4.78 is 15.2. The highest BCUT2D eigenvalue weighted by molar-refractivity contribution is 9.10. The number of carbonyl (C=O) groups excluding carboxylic acids is 1. The lowest BCUT2D eigenvalue weighted by Crippen LogP contribution is -2.13. The number of hydrogen-bond donors (Lipinski definition) is 1. The lowest BCUT2D eigenvalue weighted by molar-refractivity contribution is 0.102. The SMILES string of the molecule is O=C(Nc1nc2ccccc2s1)c1cc(Br)ccc1F. The summed E-state index contributed by atoms with van der Waals surface area (Å²) >= 11 is 4.57. The number of aromatic nitrogens is 1. The van der Waals surface area contributed by atoms with Gasteiger partial charge in [-0.3, -0.25) is 10.1 Å². The molecule has 3 nitrogen and oxygen atoms in total. The topological polar surface area (TPSA) is 42.0 Å². The van der Waals surface area contributed by atoms with Crippen LogP contribution >= 0.6 is 27.3 Å². The number of nitrogens with zero attached hydrogens (tertiary/aromatic N) is 1. The van der Waals surface area contributed by atoms with E-state index in [4.69, 9.17) is 0 Å². The normalized spacial score (nSPS) is 10.7. The summed E-state index contributed by atoms with van der Waals surface area (Å²) in [6.45, 7) is 0. The molecule has 0 aliphatic carbocycles. The van der Waals surface area contributed by atoms with Crippen LogP contribution in [0.5, 0.6) is 0 Å². The Kier molecular flexibility index (Phi) is 3.50. The van der Waals surface area contributed by atoms with Crippen LogP contribution in [0.15, 0.2) is 46.9 Å². The molecular formula is C14H8BrFN2OS. The molecular weight excluding hydrogens is 343 g/mol. The summed E-state index contributed by atoms with van der Waals surface area (Å²) in [4.78, 5) is 16.3. The third kappa shape index (κ3) is 2.57. The number of nitrogens with one attached hydrogen (secondary N) is 1.